The molecule has 1 heterocycles. The summed E-state index contributed by atoms with van der Waals surface area (Å²) in [5.41, 5.74) is 0.146. The third-order valence-electron chi connectivity index (χ3n) is 2.92. The lowest BCUT2D eigenvalue weighted by atomic mass is 9.94. The number of aliphatic hydroxyl groups is 1. The molecule has 0 amide bonds. The zero-order valence-corrected chi connectivity index (χ0v) is 9.17. The Morgan fingerprint density at radius 2 is 2.12 bits per heavy atom. The molecule has 1 unspecified atom stereocenters. The molecule has 1 fully saturated rings. The first kappa shape index (κ1) is 11.4. The van der Waals surface area contributed by atoms with Gasteiger partial charge in [-0.3, -0.25) is 0 Å². The van der Waals surface area contributed by atoms with Crippen LogP contribution < -0.4 is 10.6 Å². The first-order valence-electron chi connectivity index (χ1n) is 5.61. The molecule has 0 bridgehead atoms. The minimum atomic E-state index is -0.688. The number of rotatable bonds is 3. The maximum atomic E-state index is 12.7. The molecule has 1 saturated heterocycles. The van der Waals surface area contributed by atoms with Gasteiger partial charge < -0.3 is 15.7 Å². The molecule has 0 radical (unpaired) electrons. The molecule has 16 heavy (non-hydrogen) atoms. The Bertz CT molecular complexity index is 333. The molecule has 88 valence electrons. The van der Waals surface area contributed by atoms with Crippen molar-refractivity contribution in [2.75, 3.05) is 25.0 Å². The van der Waals surface area contributed by atoms with Gasteiger partial charge in [-0.05, 0) is 43.7 Å². The average Bonchev–Trinajstić information content (AvgIpc) is 2.29. The Balaban J connectivity index is 1.88. The fraction of sp³-hybridized carbons (Fsp3) is 0.500. The molecule has 0 saturated carbocycles. The highest BCUT2D eigenvalue weighted by molar-refractivity contribution is 5.43. The molecule has 4 heteroatoms. The SMILES string of the molecule is OC1(CNc2ccc(F)cc2)CCCNC1. The average molecular weight is 224 g/mol. The first-order valence-corrected chi connectivity index (χ1v) is 5.61. The molecule has 1 aliphatic heterocycles. The third kappa shape index (κ3) is 2.93. The van der Waals surface area contributed by atoms with Crippen LogP contribution in [0.5, 0.6) is 0 Å². The Morgan fingerprint density at radius 3 is 2.75 bits per heavy atom. The van der Waals surface area contributed by atoms with Gasteiger partial charge in [0.2, 0.25) is 0 Å². The molecule has 1 aromatic rings. The van der Waals surface area contributed by atoms with Crippen molar-refractivity contribution in [3.05, 3.63) is 30.1 Å². The van der Waals surface area contributed by atoms with Crippen LogP contribution in [0.25, 0.3) is 0 Å². The third-order valence-corrected chi connectivity index (χ3v) is 2.92. The van der Waals surface area contributed by atoms with Crippen molar-refractivity contribution in [1.82, 2.24) is 5.32 Å². The zero-order chi connectivity index (χ0) is 11.4. The number of β-amino-alcohol motifs (C(OH)–C–C–N with tert-alkyl or cyclic N) is 1. The summed E-state index contributed by atoms with van der Waals surface area (Å²) < 4.78 is 12.7. The lowest BCUT2D eigenvalue weighted by Crippen LogP contribution is -2.50. The van der Waals surface area contributed by atoms with Crippen molar-refractivity contribution < 1.29 is 9.50 Å². The van der Waals surface area contributed by atoms with Crippen LogP contribution in [0.1, 0.15) is 12.8 Å². The largest absolute Gasteiger partial charge is 0.387 e. The van der Waals surface area contributed by atoms with Crippen molar-refractivity contribution in [1.29, 1.82) is 0 Å². The summed E-state index contributed by atoms with van der Waals surface area (Å²) in [5.74, 6) is -0.247. The van der Waals surface area contributed by atoms with Gasteiger partial charge in [0.1, 0.15) is 5.82 Å². The number of benzene rings is 1. The Morgan fingerprint density at radius 1 is 1.38 bits per heavy atom. The molecule has 3 nitrogen and oxygen atoms in total. The van der Waals surface area contributed by atoms with Crippen molar-refractivity contribution in [2.24, 2.45) is 0 Å². The van der Waals surface area contributed by atoms with E-state index in [9.17, 15) is 9.50 Å². The maximum Gasteiger partial charge on any atom is 0.123 e. The molecular formula is C12H17FN2O. The summed E-state index contributed by atoms with van der Waals surface area (Å²) in [6.45, 7) is 2.08. The number of nitrogens with one attached hydrogen (secondary N) is 2. The summed E-state index contributed by atoms with van der Waals surface area (Å²) in [6.07, 6.45) is 1.79. The molecule has 3 N–H and O–H groups in total. The van der Waals surface area contributed by atoms with E-state index in [0.29, 0.717) is 13.1 Å². The second kappa shape index (κ2) is 4.80. The Labute approximate surface area is 94.7 Å². The van der Waals surface area contributed by atoms with Gasteiger partial charge in [-0.1, -0.05) is 0 Å². The zero-order valence-electron chi connectivity index (χ0n) is 9.17. The minimum Gasteiger partial charge on any atom is -0.387 e. The van der Waals surface area contributed by atoms with Crippen LogP contribution in [0.4, 0.5) is 10.1 Å². The number of piperidine rings is 1. The van der Waals surface area contributed by atoms with Crippen molar-refractivity contribution in [3.63, 3.8) is 0 Å². The molecule has 0 aliphatic carbocycles. The van der Waals surface area contributed by atoms with E-state index in [1.807, 2.05) is 0 Å². The number of hydrogen-bond donors (Lipinski definition) is 3. The van der Waals surface area contributed by atoms with Crippen LogP contribution in [0.15, 0.2) is 24.3 Å². The van der Waals surface area contributed by atoms with E-state index in [4.69, 9.17) is 0 Å². The topological polar surface area (TPSA) is 44.3 Å². The highest BCUT2D eigenvalue weighted by Gasteiger charge is 2.28. The molecule has 0 aromatic heterocycles. The van der Waals surface area contributed by atoms with E-state index >= 15 is 0 Å². The second-order valence-electron chi connectivity index (χ2n) is 4.37. The van der Waals surface area contributed by atoms with Crippen LogP contribution in [0, 0.1) is 5.82 Å². The van der Waals surface area contributed by atoms with Crippen LogP contribution in [-0.4, -0.2) is 30.3 Å². The summed E-state index contributed by atoms with van der Waals surface area (Å²) in [5, 5.41) is 16.5. The van der Waals surface area contributed by atoms with Crippen LogP contribution in [-0.2, 0) is 0 Å². The van der Waals surface area contributed by atoms with Crippen LogP contribution in [0.2, 0.25) is 0 Å². The maximum absolute atomic E-state index is 12.7. The molecule has 2 rings (SSSR count). The van der Waals surface area contributed by atoms with Gasteiger partial charge in [0.25, 0.3) is 0 Å². The summed E-state index contributed by atoms with van der Waals surface area (Å²) >= 11 is 0. The van der Waals surface area contributed by atoms with E-state index in [0.717, 1.165) is 25.1 Å². The van der Waals surface area contributed by atoms with Crippen LogP contribution >= 0.6 is 0 Å². The van der Waals surface area contributed by atoms with E-state index < -0.39 is 5.60 Å². The normalized spacial score (nSPS) is 25.4. The second-order valence-corrected chi connectivity index (χ2v) is 4.37. The fourth-order valence-electron chi connectivity index (χ4n) is 1.94. The van der Waals surface area contributed by atoms with Crippen molar-refractivity contribution >= 4 is 5.69 Å². The summed E-state index contributed by atoms with van der Waals surface area (Å²) in [7, 11) is 0. The standard InChI is InChI=1S/C12H17FN2O/c13-10-2-4-11(5-3-10)15-9-12(16)6-1-7-14-8-12/h2-5,14-16H,1,6-9H2. The quantitative estimate of drug-likeness (QED) is 0.726. The van der Waals surface area contributed by atoms with Gasteiger partial charge in [0, 0.05) is 18.8 Å². The Hall–Kier alpha value is -1.13. The van der Waals surface area contributed by atoms with Gasteiger partial charge >= 0.3 is 0 Å². The van der Waals surface area contributed by atoms with Gasteiger partial charge in [-0.25, -0.2) is 4.39 Å². The van der Waals surface area contributed by atoms with Gasteiger partial charge in [-0.2, -0.15) is 0 Å². The summed E-state index contributed by atoms with van der Waals surface area (Å²) in [6, 6.07) is 6.17. The summed E-state index contributed by atoms with van der Waals surface area (Å²) in [4.78, 5) is 0. The lowest BCUT2D eigenvalue weighted by Gasteiger charge is -2.33. The number of halogens is 1. The number of anilines is 1. The van der Waals surface area contributed by atoms with Crippen molar-refractivity contribution in [2.45, 2.75) is 18.4 Å². The van der Waals surface area contributed by atoms with Gasteiger partial charge in [0.05, 0.1) is 5.60 Å². The van der Waals surface area contributed by atoms with E-state index in [2.05, 4.69) is 10.6 Å². The Kier molecular flexibility index (Phi) is 3.41. The molecule has 1 aliphatic rings. The van der Waals surface area contributed by atoms with E-state index in [1.165, 1.54) is 12.1 Å². The predicted molar refractivity (Wildman–Crippen MR) is 61.9 cm³/mol. The first-order chi connectivity index (χ1) is 7.68. The van der Waals surface area contributed by atoms with Gasteiger partial charge in [0.15, 0.2) is 0 Å². The fourth-order valence-corrected chi connectivity index (χ4v) is 1.94. The highest BCUT2D eigenvalue weighted by Crippen LogP contribution is 2.17. The monoisotopic (exact) mass is 224 g/mol. The van der Waals surface area contributed by atoms with E-state index in [1.54, 1.807) is 12.1 Å². The molecular weight excluding hydrogens is 207 g/mol. The predicted octanol–water partition coefficient (Wildman–Crippen LogP) is 1.35. The number of hydrogen-bond acceptors (Lipinski definition) is 3. The van der Waals surface area contributed by atoms with Crippen molar-refractivity contribution in [3.8, 4) is 0 Å². The van der Waals surface area contributed by atoms with Gasteiger partial charge in [-0.15, -0.1) is 0 Å². The van der Waals surface area contributed by atoms with Crippen LogP contribution in [0.3, 0.4) is 0 Å². The lowest BCUT2D eigenvalue weighted by molar-refractivity contribution is 0.0292. The molecule has 1 atom stereocenters. The molecule has 1 aromatic carbocycles. The minimum absolute atomic E-state index is 0.247. The smallest absolute Gasteiger partial charge is 0.123 e. The van der Waals surface area contributed by atoms with E-state index in [-0.39, 0.29) is 5.82 Å². The molecule has 0 spiro atoms. The highest BCUT2D eigenvalue weighted by atomic mass is 19.1.